The molecule has 0 spiro atoms. The Kier molecular flexibility index (Phi) is 3.84. The van der Waals surface area contributed by atoms with E-state index in [0.717, 1.165) is 29.9 Å². The van der Waals surface area contributed by atoms with Gasteiger partial charge in [-0.3, -0.25) is 4.79 Å². The molecular formula is C19H21N5O3S. The number of nitrogens with one attached hydrogen (secondary N) is 1. The summed E-state index contributed by atoms with van der Waals surface area (Å²) in [6, 6.07) is 7.25. The second-order valence-corrected chi connectivity index (χ2v) is 9.88. The van der Waals surface area contributed by atoms with E-state index in [4.69, 9.17) is 0 Å². The van der Waals surface area contributed by atoms with Crippen molar-refractivity contribution in [1.82, 2.24) is 19.2 Å². The van der Waals surface area contributed by atoms with Crippen LogP contribution < -0.4 is 5.32 Å². The van der Waals surface area contributed by atoms with Gasteiger partial charge >= 0.3 is 0 Å². The summed E-state index contributed by atoms with van der Waals surface area (Å²) in [5.74, 6) is 1.59. The lowest BCUT2D eigenvalue weighted by Gasteiger charge is -2.13. The van der Waals surface area contributed by atoms with Gasteiger partial charge in [-0.25, -0.2) is 18.1 Å². The van der Waals surface area contributed by atoms with Gasteiger partial charge in [0.2, 0.25) is 0 Å². The summed E-state index contributed by atoms with van der Waals surface area (Å²) < 4.78 is 27.4. The van der Waals surface area contributed by atoms with Crippen molar-refractivity contribution in [2.75, 3.05) is 16.8 Å². The SMILES string of the molecule is Cc1nc(C(=O)Nc2cc(C3CC3)nn2C2CCS(=O)(=O)C2)c2ccccn12. The summed E-state index contributed by atoms with van der Waals surface area (Å²) in [5.41, 5.74) is 2.00. The molecule has 2 aliphatic rings. The van der Waals surface area contributed by atoms with Crippen LogP contribution in [0.5, 0.6) is 0 Å². The van der Waals surface area contributed by atoms with Gasteiger partial charge in [0.1, 0.15) is 11.6 Å². The number of carbonyl (C=O) groups is 1. The summed E-state index contributed by atoms with van der Waals surface area (Å²) in [6.07, 6.45) is 4.55. The smallest absolute Gasteiger partial charge is 0.277 e. The number of carbonyl (C=O) groups excluding carboxylic acids is 1. The molecule has 1 unspecified atom stereocenters. The van der Waals surface area contributed by atoms with Gasteiger partial charge in [0.05, 0.1) is 28.8 Å². The number of hydrogen-bond acceptors (Lipinski definition) is 5. The van der Waals surface area contributed by atoms with E-state index in [1.165, 1.54) is 0 Å². The first-order chi connectivity index (χ1) is 13.4. The Morgan fingerprint density at radius 3 is 2.79 bits per heavy atom. The summed E-state index contributed by atoms with van der Waals surface area (Å²) in [6.45, 7) is 1.85. The third-order valence-corrected chi connectivity index (χ3v) is 7.24. The molecule has 146 valence electrons. The van der Waals surface area contributed by atoms with Crippen molar-refractivity contribution >= 4 is 27.1 Å². The number of pyridine rings is 1. The van der Waals surface area contributed by atoms with Crippen LogP contribution in [0, 0.1) is 6.92 Å². The lowest BCUT2D eigenvalue weighted by Crippen LogP contribution is -2.20. The third kappa shape index (κ3) is 2.99. The molecule has 0 bridgehead atoms. The average Bonchev–Trinajstić information content (AvgIpc) is 3.21. The minimum absolute atomic E-state index is 0.0637. The van der Waals surface area contributed by atoms with Crippen molar-refractivity contribution < 1.29 is 13.2 Å². The maximum atomic E-state index is 13.0. The third-order valence-electron chi connectivity index (χ3n) is 5.49. The maximum Gasteiger partial charge on any atom is 0.277 e. The Morgan fingerprint density at radius 2 is 2.07 bits per heavy atom. The topological polar surface area (TPSA) is 98.4 Å². The van der Waals surface area contributed by atoms with E-state index >= 15 is 0 Å². The molecule has 0 radical (unpaired) electrons. The number of sulfone groups is 1. The van der Waals surface area contributed by atoms with Gasteiger partial charge in [0, 0.05) is 18.2 Å². The van der Waals surface area contributed by atoms with Crippen LogP contribution in [0.4, 0.5) is 5.82 Å². The van der Waals surface area contributed by atoms with E-state index in [1.807, 2.05) is 41.8 Å². The first kappa shape index (κ1) is 17.4. The van der Waals surface area contributed by atoms with Crippen LogP contribution in [-0.2, 0) is 9.84 Å². The summed E-state index contributed by atoms with van der Waals surface area (Å²) in [4.78, 5) is 17.4. The number of amides is 1. The highest BCUT2D eigenvalue weighted by Crippen LogP contribution is 2.41. The molecule has 1 aliphatic carbocycles. The van der Waals surface area contributed by atoms with Gasteiger partial charge in [-0.15, -0.1) is 0 Å². The number of hydrogen-bond donors (Lipinski definition) is 1. The lowest BCUT2D eigenvalue weighted by molar-refractivity contribution is 0.102. The molecular weight excluding hydrogens is 378 g/mol. The molecule has 1 atom stereocenters. The second kappa shape index (κ2) is 6.16. The molecule has 8 nitrogen and oxygen atoms in total. The van der Waals surface area contributed by atoms with Crippen LogP contribution in [0.3, 0.4) is 0 Å². The monoisotopic (exact) mass is 399 g/mol. The molecule has 3 aromatic heterocycles. The number of aryl methyl sites for hydroxylation is 1. The quantitative estimate of drug-likeness (QED) is 0.726. The van der Waals surface area contributed by atoms with E-state index in [-0.39, 0.29) is 23.5 Å². The zero-order chi connectivity index (χ0) is 19.5. The van der Waals surface area contributed by atoms with Crippen molar-refractivity contribution in [2.45, 2.75) is 38.1 Å². The first-order valence-electron chi connectivity index (χ1n) is 9.46. The van der Waals surface area contributed by atoms with Gasteiger partial charge in [0.25, 0.3) is 5.91 Å². The summed E-state index contributed by atoms with van der Waals surface area (Å²) >= 11 is 0. The van der Waals surface area contributed by atoms with Crippen LogP contribution >= 0.6 is 0 Å². The number of aromatic nitrogens is 4. The fraction of sp³-hybridized carbons (Fsp3) is 0.421. The number of imidazole rings is 1. The van der Waals surface area contributed by atoms with E-state index in [0.29, 0.717) is 23.9 Å². The minimum atomic E-state index is -3.05. The Bertz CT molecular complexity index is 1190. The normalized spacial score (nSPS) is 21.2. The molecule has 1 amide bonds. The van der Waals surface area contributed by atoms with Crippen LogP contribution in [0.15, 0.2) is 30.5 Å². The standard InChI is InChI=1S/C19H21N5O3S/c1-12-20-18(16-4-2-3-8-23(12)16)19(25)21-17-10-15(13-5-6-13)22-24(17)14-7-9-28(26,27)11-14/h2-4,8,10,13-14H,5-7,9,11H2,1H3,(H,21,25). The first-order valence-corrected chi connectivity index (χ1v) is 11.3. The highest BCUT2D eigenvalue weighted by molar-refractivity contribution is 7.91. The van der Waals surface area contributed by atoms with Crippen molar-refractivity contribution in [2.24, 2.45) is 0 Å². The van der Waals surface area contributed by atoms with Crippen LogP contribution in [0.25, 0.3) is 5.52 Å². The predicted molar refractivity (Wildman–Crippen MR) is 104 cm³/mol. The van der Waals surface area contributed by atoms with Gasteiger partial charge < -0.3 is 9.72 Å². The maximum absolute atomic E-state index is 13.0. The highest BCUT2D eigenvalue weighted by atomic mass is 32.2. The van der Waals surface area contributed by atoms with Crippen molar-refractivity contribution in [3.05, 3.63) is 47.7 Å². The molecule has 1 saturated carbocycles. The molecule has 9 heteroatoms. The zero-order valence-corrected chi connectivity index (χ0v) is 16.3. The largest absolute Gasteiger partial charge is 0.305 e. The molecule has 1 saturated heterocycles. The molecule has 5 rings (SSSR count). The second-order valence-electron chi connectivity index (χ2n) is 7.65. The van der Waals surface area contributed by atoms with Gasteiger partial charge in [-0.05, 0) is 38.3 Å². The van der Waals surface area contributed by atoms with Crippen LogP contribution in [0.2, 0.25) is 0 Å². The Balaban J connectivity index is 1.49. The van der Waals surface area contributed by atoms with Crippen LogP contribution in [0.1, 0.15) is 53.2 Å². The fourth-order valence-corrected chi connectivity index (χ4v) is 5.56. The lowest BCUT2D eigenvalue weighted by atomic mass is 10.2. The van der Waals surface area contributed by atoms with Gasteiger partial charge in [-0.1, -0.05) is 6.07 Å². The molecule has 3 aromatic rings. The van der Waals surface area contributed by atoms with Crippen molar-refractivity contribution in [3.8, 4) is 0 Å². The number of nitrogens with zero attached hydrogens (tertiary/aromatic N) is 4. The van der Waals surface area contributed by atoms with E-state index in [9.17, 15) is 13.2 Å². The molecule has 4 heterocycles. The zero-order valence-electron chi connectivity index (χ0n) is 15.5. The van der Waals surface area contributed by atoms with Gasteiger partial charge in [0.15, 0.2) is 15.5 Å². The number of rotatable bonds is 4. The Hall–Kier alpha value is -2.68. The molecule has 2 fully saturated rings. The molecule has 1 N–H and O–H groups in total. The molecule has 0 aromatic carbocycles. The van der Waals surface area contributed by atoms with Crippen LogP contribution in [-0.4, -0.2) is 45.0 Å². The average molecular weight is 399 g/mol. The van der Waals surface area contributed by atoms with E-state index in [2.05, 4.69) is 15.4 Å². The van der Waals surface area contributed by atoms with Crippen molar-refractivity contribution in [3.63, 3.8) is 0 Å². The summed E-state index contributed by atoms with van der Waals surface area (Å²) in [5, 5.41) is 7.58. The fourth-order valence-electron chi connectivity index (χ4n) is 3.87. The van der Waals surface area contributed by atoms with Crippen molar-refractivity contribution in [1.29, 1.82) is 0 Å². The number of fused-ring (bicyclic) bond motifs is 1. The predicted octanol–water partition coefficient (Wildman–Crippen LogP) is 2.33. The number of anilines is 1. The minimum Gasteiger partial charge on any atom is -0.305 e. The van der Waals surface area contributed by atoms with E-state index < -0.39 is 9.84 Å². The van der Waals surface area contributed by atoms with E-state index in [1.54, 1.807) is 4.68 Å². The van der Waals surface area contributed by atoms with Gasteiger partial charge in [-0.2, -0.15) is 5.10 Å². The molecule has 28 heavy (non-hydrogen) atoms. The molecule has 1 aliphatic heterocycles. The highest BCUT2D eigenvalue weighted by Gasteiger charge is 2.34. The summed E-state index contributed by atoms with van der Waals surface area (Å²) in [7, 11) is -3.05. The Labute approximate surface area is 162 Å². The Morgan fingerprint density at radius 1 is 1.25 bits per heavy atom.